The number of anilines is 1. The minimum absolute atomic E-state index is 0.119. The van der Waals surface area contributed by atoms with Crippen LogP contribution in [0.4, 0.5) is 5.69 Å². The van der Waals surface area contributed by atoms with E-state index >= 15 is 0 Å². The van der Waals surface area contributed by atoms with E-state index in [9.17, 15) is 9.59 Å². The standard InChI is InChI=1S/C25H23Cl2N3O3/c26-22-9-8-18(12-23(22)27)25(32)30-11-3-5-19(15-30)24(31)29-20-6-1-7-21(13-20)33-16-17-4-2-10-28-14-17/h1-2,4,6-10,12-14,19H,3,5,11,15-16H2,(H,29,31). The summed E-state index contributed by atoms with van der Waals surface area (Å²) < 4.78 is 5.81. The molecule has 170 valence electrons. The minimum atomic E-state index is -0.301. The second kappa shape index (κ2) is 10.7. The zero-order chi connectivity index (χ0) is 23.2. The molecule has 0 spiro atoms. The molecule has 0 bridgehead atoms. The molecule has 0 saturated carbocycles. The number of amides is 2. The van der Waals surface area contributed by atoms with Gasteiger partial charge >= 0.3 is 0 Å². The van der Waals surface area contributed by atoms with Crippen molar-refractivity contribution in [3.63, 3.8) is 0 Å². The first kappa shape index (κ1) is 23.1. The van der Waals surface area contributed by atoms with Crippen LogP contribution in [0.5, 0.6) is 5.75 Å². The van der Waals surface area contributed by atoms with Crippen molar-refractivity contribution in [1.29, 1.82) is 0 Å². The van der Waals surface area contributed by atoms with Gasteiger partial charge in [-0.1, -0.05) is 35.3 Å². The molecule has 1 N–H and O–H groups in total. The number of likely N-dealkylation sites (tertiary alicyclic amines) is 1. The van der Waals surface area contributed by atoms with E-state index in [1.54, 1.807) is 41.6 Å². The molecular formula is C25H23Cl2N3O3. The van der Waals surface area contributed by atoms with Crippen molar-refractivity contribution >= 4 is 40.7 Å². The molecule has 1 aliphatic heterocycles. The number of hydrogen-bond donors (Lipinski definition) is 1. The number of carbonyl (C=O) groups excluding carboxylic acids is 2. The molecule has 2 aromatic carbocycles. The number of piperidine rings is 1. The average molecular weight is 484 g/mol. The Morgan fingerprint density at radius 3 is 2.76 bits per heavy atom. The van der Waals surface area contributed by atoms with Gasteiger partial charge in [0.05, 0.1) is 16.0 Å². The molecule has 6 nitrogen and oxygen atoms in total. The second-order valence-corrected chi connectivity index (χ2v) is 8.70. The van der Waals surface area contributed by atoms with Gasteiger partial charge in [-0.3, -0.25) is 14.6 Å². The number of nitrogens with one attached hydrogen (secondary N) is 1. The quantitative estimate of drug-likeness (QED) is 0.505. The van der Waals surface area contributed by atoms with Crippen molar-refractivity contribution in [1.82, 2.24) is 9.88 Å². The zero-order valence-electron chi connectivity index (χ0n) is 17.8. The molecule has 4 rings (SSSR count). The Kier molecular flexibility index (Phi) is 7.47. The molecule has 1 unspecified atom stereocenters. The summed E-state index contributed by atoms with van der Waals surface area (Å²) in [6.07, 6.45) is 4.93. The van der Waals surface area contributed by atoms with Gasteiger partial charge in [0.15, 0.2) is 0 Å². The maximum atomic E-state index is 12.9. The minimum Gasteiger partial charge on any atom is -0.489 e. The van der Waals surface area contributed by atoms with Gasteiger partial charge in [0.2, 0.25) is 5.91 Å². The molecule has 3 aromatic rings. The van der Waals surface area contributed by atoms with Crippen molar-refractivity contribution in [2.24, 2.45) is 5.92 Å². The van der Waals surface area contributed by atoms with Gasteiger partial charge in [0.1, 0.15) is 12.4 Å². The molecular weight excluding hydrogens is 461 g/mol. The van der Waals surface area contributed by atoms with E-state index in [4.69, 9.17) is 27.9 Å². The van der Waals surface area contributed by atoms with Crippen LogP contribution in [-0.4, -0.2) is 34.8 Å². The average Bonchev–Trinajstić information content (AvgIpc) is 2.85. The van der Waals surface area contributed by atoms with Crippen molar-refractivity contribution in [2.75, 3.05) is 18.4 Å². The molecule has 0 aliphatic carbocycles. The van der Waals surface area contributed by atoms with Crippen molar-refractivity contribution in [3.8, 4) is 5.75 Å². The van der Waals surface area contributed by atoms with Gasteiger partial charge < -0.3 is 15.0 Å². The summed E-state index contributed by atoms with van der Waals surface area (Å²) in [6, 6.07) is 15.9. The van der Waals surface area contributed by atoms with E-state index in [1.807, 2.05) is 30.3 Å². The molecule has 2 amide bonds. The summed E-state index contributed by atoms with van der Waals surface area (Å²) in [5.74, 6) is 0.0741. The van der Waals surface area contributed by atoms with Gasteiger partial charge in [-0.2, -0.15) is 0 Å². The van der Waals surface area contributed by atoms with Crippen LogP contribution in [0.15, 0.2) is 67.0 Å². The van der Waals surface area contributed by atoms with E-state index < -0.39 is 0 Å². The molecule has 1 atom stereocenters. The summed E-state index contributed by atoms with van der Waals surface area (Å²) in [6.45, 7) is 1.34. The summed E-state index contributed by atoms with van der Waals surface area (Å²) in [5.41, 5.74) is 2.07. The summed E-state index contributed by atoms with van der Waals surface area (Å²) in [7, 11) is 0. The highest BCUT2D eigenvalue weighted by molar-refractivity contribution is 6.42. The van der Waals surface area contributed by atoms with Crippen LogP contribution in [0.25, 0.3) is 0 Å². The van der Waals surface area contributed by atoms with Gasteiger partial charge in [0, 0.05) is 48.4 Å². The lowest BCUT2D eigenvalue weighted by Gasteiger charge is -2.32. The topological polar surface area (TPSA) is 71.5 Å². The number of benzene rings is 2. The van der Waals surface area contributed by atoms with E-state index in [0.29, 0.717) is 53.2 Å². The third kappa shape index (κ3) is 6.03. The van der Waals surface area contributed by atoms with Gasteiger partial charge in [-0.05, 0) is 49.2 Å². The molecule has 1 aromatic heterocycles. The predicted octanol–water partition coefficient (Wildman–Crippen LogP) is 5.46. The summed E-state index contributed by atoms with van der Waals surface area (Å²) in [4.78, 5) is 31.6. The van der Waals surface area contributed by atoms with Crippen LogP contribution in [0.2, 0.25) is 10.0 Å². The van der Waals surface area contributed by atoms with Gasteiger partial charge in [-0.15, -0.1) is 0 Å². The monoisotopic (exact) mass is 483 g/mol. The number of nitrogens with zero attached hydrogens (tertiary/aromatic N) is 2. The lowest BCUT2D eigenvalue weighted by molar-refractivity contribution is -0.121. The summed E-state index contributed by atoms with van der Waals surface area (Å²) in [5, 5.41) is 3.69. The normalized spacial score (nSPS) is 15.7. The Morgan fingerprint density at radius 1 is 1.09 bits per heavy atom. The van der Waals surface area contributed by atoms with Gasteiger partial charge in [-0.25, -0.2) is 0 Å². The molecule has 0 radical (unpaired) electrons. The van der Waals surface area contributed by atoms with Crippen LogP contribution in [0, 0.1) is 5.92 Å². The van der Waals surface area contributed by atoms with Crippen molar-refractivity contribution in [2.45, 2.75) is 19.4 Å². The van der Waals surface area contributed by atoms with E-state index in [1.165, 1.54) is 0 Å². The number of rotatable bonds is 6. The van der Waals surface area contributed by atoms with Crippen LogP contribution < -0.4 is 10.1 Å². The van der Waals surface area contributed by atoms with Crippen molar-refractivity contribution in [3.05, 3.63) is 88.2 Å². The molecule has 2 heterocycles. The Bertz CT molecular complexity index is 1140. The Labute approximate surface area is 202 Å². The lowest BCUT2D eigenvalue weighted by atomic mass is 9.96. The highest BCUT2D eigenvalue weighted by Crippen LogP contribution is 2.26. The number of ether oxygens (including phenoxy) is 1. The third-order valence-corrected chi connectivity index (χ3v) is 6.21. The number of hydrogen-bond acceptors (Lipinski definition) is 4. The number of aromatic nitrogens is 1. The van der Waals surface area contributed by atoms with Gasteiger partial charge in [0.25, 0.3) is 5.91 Å². The van der Waals surface area contributed by atoms with E-state index in [2.05, 4.69) is 10.3 Å². The Hall–Kier alpha value is -3.09. The van der Waals surface area contributed by atoms with E-state index in [-0.39, 0.29) is 17.7 Å². The third-order valence-electron chi connectivity index (χ3n) is 5.48. The molecule has 1 saturated heterocycles. The number of pyridine rings is 1. The number of carbonyl (C=O) groups is 2. The fourth-order valence-electron chi connectivity index (χ4n) is 3.75. The first-order valence-electron chi connectivity index (χ1n) is 10.7. The number of halogens is 2. The smallest absolute Gasteiger partial charge is 0.253 e. The zero-order valence-corrected chi connectivity index (χ0v) is 19.4. The van der Waals surface area contributed by atoms with Crippen LogP contribution in [0.3, 0.4) is 0 Å². The highest BCUT2D eigenvalue weighted by atomic mass is 35.5. The fraction of sp³-hybridized carbons (Fsp3) is 0.240. The van der Waals surface area contributed by atoms with Crippen LogP contribution >= 0.6 is 23.2 Å². The molecule has 8 heteroatoms. The SMILES string of the molecule is O=C(Nc1cccc(OCc2cccnc2)c1)C1CCCN(C(=O)c2ccc(Cl)c(Cl)c2)C1. The molecule has 33 heavy (non-hydrogen) atoms. The summed E-state index contributed by atoms with van der Waals surface area (Å²) >= 11 is 12.0. The predicted molar refractivity (Wildman–Crippen MR) is 129 cm³/mol. The van der Waals surface area contributed by atoms with Crippen LogP contribution in [0.1, 0.15) is 28.8 Å². The maximum absolute atomic E-state index is 12.9. The fourth-order valence-corrected chi connectivity index (χ4v) is 4.04. The maximum Gasteiger partial charge on any atom is 0.253 e. The largest absolute Gasteiger partial charge is 0.489 e. The Balaban J connectivity index is 1.36. The van der Waals surface area contributed by atoms with Crippen LogP contribution in [-0.2, 0) is 11.4 Å². The first-order chi connectivity index (χ1) is 16.0. The highest BCUT2D eigenvalue weighted by Gasteiger charge is 2.29. The first-order valence-corrected chi connectivity index (χ1v) is 11.4. The van der Waals surface area contributed by atoms with Crippen molar-refractivity contribution < 1.29 is 14.3 Å². The molecule has 1 aliphatic rings. The van der Waals surface area contributed by atoms with E-state index in [0.717, 1.165) is 12.0 Å². The second-order valence-electron chi connectivity index (χ2n) is 7.89. The Morgan fingerprint density at radius 2 is 1.97 bits per heavy atom. The molecule has 1 fully saturated rings. The lowest BCUT2D eigenvalue weighted by Crippen LogP contribution is -2.43.